The lowest BCUT2D eigenvalue weighted by Crippen LogP contribution is -2.31. The minimum atomic E-state index is -4.90. The molecule has 1 unspecified atom stereocenters. The van der Waals surface area contributed by atoms with E-state index in [0.29, 0.717) is 0 Å². The van der Waals surface area contributed by atoms with E-state index < -0.39 is 71.2 Å². The molecule has 36 heavy (non-hydrogen) atoms. The van der Waals surface area contributed by atoms with Crippen LogP contribution in [0, 0.1) is 11.3 Å². The number of aliphatic hydroxyl groups excluding tert-OH is 1. The van der Waals surface area contributed by atoms with Gasteiger partial charge in [0.25, 0.3) is 5.92 Å². The molecule has 0 spiro atoms. The maximum absolute atomic E-state index is 15.0. The summed E-state index contributed by atoms with van der Waals surface area (Å²) in [4.78, 5) is 32.7. The van der Waals surface area contributed by atoms with E-state index in [4.69, 9.17) is 26.1 Å². The maximum Gasteiger partial charge on any atom is 0.340 e. The fourth-order valence-corrected chi connectivity index (χ4v) is 6.99. The van der Waals surface area contributed by atoms with E-state index in [9.17, 15) is 33.2 Å². The van der Waals surface area contributed by atoms with E-state index in [1.165, 1.54) is 17.2 Å². The summed E-state index contributed by atoms with van der Waals surface area (Å²) in [5.74, 6) is -4.46. The van der Waals surface area contributed by atoms with Crippen LogP contribution in [-0.2, 0) is 18.4 Å². The molecular weight excluding hydrogens is 555 g/mol. The van der Waals surface area contributed by atoms with E-state index in [2.05, 4.69) is 9.51 Å². The van der Waals surface area contributed by atoms with Gasteiger partial charge in [-0.3, -0.25) is 9.13 Å². The van der Waals surface area contributed by atoms with Crippen molar-refractivity contribution < 1.29 is 51.3 Å². The first-order valence-corrected chi connectivity index (χ1v) is 14.3. The van der Waals surface area contributed by atoms with Crippen LogP contribution in [0.25, 0.3) is 11.0 Å². The van der Waals surface area contributed by atoms with Gasteiger partial charge in [-0.2, -0.15) is 5.26 Å². The minimum absolute atomic E-state index is 0.0278. The summed E-state index contributed by atoms with van der Waals surface area (Å²) < 4.78 is 76.9. The van der Waals surface area contributed by atoms with Crippen molar-refractivity contribution in [3.8, 4) is 6.07 Å². The fourth-order valence-electron chi connectivity index (χ4n) is 4.21. The number of aliphatic hydroxyl groups is 1. The van der Waals surface area contributed by atoms with Crippen LogP contribution >= 0.6 is 26.8 Å². The predicted molar refractivity (Wildman–Crippen MR) is 119 cm³/mol. The minimum Gasteiger partial charge on any atom is -0.387 e. The number of hydrogen-bond donors (Lipinski definition) is 4. The number of pyridine rings is 1. The number of alkyl halides is 3. The first-order chi connectivity index (χ1) is 16.6. The Kier molecular flexibility index (Phi) is 7.24. The van der Waals surface area contributed by atoms with Gasteiger partial charge >= 0.3 is 15.2 Å². The van der Waals surface area contributed by atoms with Crippen LogP contribution < -0.4 is 4.90 Å². The molecule has 0 radical (unpaired) electrons. The molecule has 0 aromatic carbocycles. The fraction of sp³-hybridized carbons (Fsp3) is 0.556. The second-order valence-electron chi connectivity index (χ2n) is 8.47. The Morgan fingerprint density at radius 2 is 2.06 bits per heavy atom. The summed E-state index contributed by atoms with van der Waals surface area (Å²) in [5.41, 5.74) is -0.0743. The van der Waals surface area contributed by atoms with Crippen LogP contribution in [0.3, 0.4) is 0 Å². The third-order valence-electron chi connectivity index (χ3n) is 5.76. The van der Waals surface area contributed by atoms with Crippen LogP contribution in [-0.4, -0.2) is 79.2 Å². The van der Waals surface area contributed by atoms with E-state index in [1.54, 1.807) is 0 Å². The molecule has 4 N–H and O–H groups in total. The monoisotopic (exact) mass is 574 g/mol. The van der Waals surface area contributed by atoms with Gasteiger partial charge in [0, 0.05) is 24.5 Å². The molecule has 4 rings (SSSR count). The Labute approximate surface area is 206 Å². The predicted octanol–water partition coefficient (Wildman–Crippen LogP) is 2.34. The summed E-state index contributed by atoms with van der Waals surface area (Å²) in [6, 6.07) is 3.25. The zero-order chi connectivity index (χ0) is 26.6. The Morgan fingerprint density at radius 3 is 2.64 bits per heavy atom. The van der Waals surface area contributed by atoms with Gasteiger partial charge in [-0.1, -0.05) is 11.6 Å². The number of anilines is 1. The lowest BCUT2D eigenvalue weighted by atomic mass is 10.1. The van der Waals surface area contributed by atoms with Gasteiger partial charge in [0.2, 0.25) is 0 Å². The molecule has 0 amide bonds. The van der Waals surface area contributed by atoms with Crippen LogP contribution in [0.5, 0.6) is 0 Å². The molecule has 2 aliphatic rings. The van der Waals surface area contributed by atoms with Crippen molar-refractivity contribution in [3.63, 3.8) is 0 Å². The van der Waals surface area contributed by atoms with Crippen LogP contribution in [0.2, 0.25) is 5.15 Å². The highest BCUT2D eigenvalue weighted by Gasteiger charge is 2.47. The second kappa shape index (κ2) is 9.54. The highest BCUT2D eigenvalue weighted by molar-refractivity contribution is 7.70. The van der Waals surface area contributed by atoms with Crippen molar-refractivity contribution in [2.75, 3.05) is 30.5 Å². The van der Waals surface area contributed by atoms with Gasteiger partial charge in [-0.25, -0.2) is 18.2 Å². The molecule has 0 saturated carbocycles. The summed E-state index contributed by atoms with van der Waals surface area (Å²) in [6.45, 7) is -1.60. The van der Waals surface area contributed by atoms with Gasteiger partial charge in [-0.05, 0) is 6.07 Å². The molecule has 18 heteroatoms. The summed E-state index contributed by atoms with van der Waals surface area (Å²) >= 11 is 6.15. The van der Waals surface area contributed by atoms with Crippen molar-refractivity contribution in [3.05, 3.63) is 23.0 Å². The largest absolute Gasteiger partial charge is 0.387 e. The third-order valence-corrected chi connectivity index (χ3v) is 9.49. The Balaban J connectivity index is 1.63. The van der Waals surface area contributed by atoms with Crippen molar-refractivity contribution in [2.24, 2.45) is 0 Å². The van der Waals surface area contributed by atoms with E-state index in [-0.39, 0.29) is 34.0 Å². The smallest absolute Gasteiger partial charge is 0.340 e. The van der Waals surface area contributed by atoms with Gasteiger partial charge < -0.3 is 38.5 Å². The van der Waals surface area contributed by atoms with Crippen molar-refractivity contribution in [2.45, 2.75) is 37.0 Å². The summed E-state index contributed by atoms with van der Waals surface area (Å²) in [5, 5.41) is 19.7. The molecule has 198 valence electrons. The molecule has 0 aliphatic carbocycles. The number of aromatic nitrogens is 2. The van der Waals surface area contributed by atoms with Gasteiger partial charge in [0.1, 0.15) is 29.5 Å². The number of ether oxygens (including phenoxy) is 1. The Morgan fingerprint density at radius 1 is 1.36 bits per heavy atom. The Bertz CT molecular complexity index is 1320. The molecule has 5 atom stereocenters. The van der Waals surface area contributed by atoms with E-state index >= 15 is 4.39 Å². The number of hydrogen-bond acceptors (Lipinski definition) is 8. The zero-order valence-electron chi connectivity index (χ0n) is 18.1. The van der Waals surface area contributed by atoms with Crippen molar-refractivity contribution in [1.29, 1.82) is 5.26 Å². The number of nitriles is 1. The number of fused-ring (bicyclic) bond motifs is 1. The van der Waals surface area contributed by atoms with Crippen molar-refractivity contribution in [1.82, 2.24) is 9.55 Å². The summed E-state index contributed by atoms with van der Waals surface area (Å²) in [6.07, 6.45) is -6.20. The highest BCUT2D eigenvalue weighted by Crippen LogP contribution is 2.55. The van der Waals surface area contributed by atoms with Crippen LogP contribution in [0.1, 0.15) is 18.2 Å². The first kappa shape index (κ1) is 27.3. The average molecular weight is 575 g/mol. The average Bonchev–Trinajstić information content (AvgIpc) is 3.40. The zero-order valence-corrected chi connectivity index (χ0v) is 20.7. The standard InChI is InChI=1S/C18H20ClF3N4O8P2/c19-15-10(5-23)13(25-4-2-18(21,22)7-25)9-1-3-26(16(9)24-15)17-12(20)14(27)11(34-17)6-33-36(31,32)8-35(28,29)30/h1,3,11-12,14,17,27H,2,4,6-8H2,(H,31,32)(H2,28,29,30)/t11-,12+,14-,17-/m1/s1. The lowest BCUT2D eigenvalue weighted by Gasteiger charge is -2.22. The summed E-state index contributed by atoms with van der Waals surface area (Å²) in [7, 11) is -9.69. The molecule has 2 aromatic rings. The molecule has 0 bridgehead atoms. The van der Waals surface area contributed by atoms with E-state index in [1.807, 2.05) is 6.07 Å². The molecule has 4 heterocycles. The SMILES string of the molecule is N#Cc1c(Cl)nc2c(ccn2[C@@H]2O[C@H](COP(=O)(O)CP(=O)(O)O)[C@@H](O)[C@@H]2F)c1N1CCC(F)(F)C1. The molecule has 2 aromatic heterocycles. The van der Waals surface area contributed by atoms with Crippen LogP contribution in [0.4, 0.5) is 18.9 Å². The van der Waals surface area contributed by atoms with E-state index in [0.717, 1.165) is 4.57 Å². The first-order valence-electron chi connectivity index (χ1n) is 10.3. The molecule has 2 saturated heterocycles. The quantitative estimate of drug-likeness (QED) is 0.282. The van der Waals surface area contributed by atoms with Gasteiger partial charge in [-0.15, -0.1) is 0 Å². The molecule has 12 nitrogen and oxygen atoms in total. The molecule has 2 aliphatic heterocycles. The molecule has 2 fully saturated rings. The number of halogens is 4. The maximum atomic E-state index is 15.0. The highest BCUT2D eigenvalue weighted by atomic mass is 35.5. The molecular formula is C18H20ClF3N4O8P2. The second-order valence-corrected chi connectivity index (χ2v) is 12.8. The van der Waals surface area contributed by atoms with Crippen molar-refractivity contribution >= 4 is 43.5 Å². The van der Waals surface area contributed by atoms with Gasteiger partial charge in [0.05, 0.1) is 18.8 Å². The number of nitrogens with zero attached hydrogens (tertiary/aromatic N) is 4. The lowest BCUT2D eigenvalue weighted by molar-refractivity contribution is -0.0423. The third kappa shape index (κ3) is 5.43. The van der Waals surface area contributed by atoms with Gasteiger partial charge in [0.15, 0.2) is 23.5 Å². The Hall–Kier alpha value is -1.72. The topological polar surface area (TPSA) is 178 Å². The van der Waals surface area contributed by atoms with Crippen LogP contribution in [0.15, 0.2) is 12.3 Å². The number of rotatable bonds is 7. The normalized spacial score (nSPS) is 27.9.